The van der Waals surface area contributed by atoms with Gasteiger partial charge in [0.15, 0.2) is 0 Å². The van der Waals surface area contributed by atoms with Gasteiger partial charge in [0.25, 0.3) is 0 Å². The van der Waals surface area contributed by atoms with E-state index in [1.54, 1.807) is 12.1 Å². The minimum Gasteiger partial charge on any atom is -0.316 e. The largest absolute Gasteiger partial charge is 0.316 e. The third-order valence-corrected chi connectivity index (χ3v) is 4.90. The van der Waals surface area contributed by atoms with Crippen LogP contribution in [0.1, 0.15) is 44.7 Å². The highest BCUT2D eigenvalue weighted by atomic mass is 32.2. The summed E-state index contributed by atoms with van der Waals surface area (Å²) in [6, 6.07) is 5.34. The van der Waals surface area contributed by atoms with Crippen LogP contribution in [-0.4, -0.2) is 21.5 Å². The van der Waals surface area contributed by atoms with Crippen LogP contribution in [0.5, 0.6) is 0 Å². The first-order valence-corrected chi connectivity index (χ1v) is 8.71. The van der Waals surface area contributed by atoms with Crippen LogP contribution in [0, 0.1) is 0 Å². The molecule has 1 aromatic carbocycles. The molecule has 1 atom stereocenters. The Labute approximate surface area is 123 Å². The lowest BCUT2D eigenvalue weighted by Gasteiger charge is -2.15. The van der Waals surface area contributed by atoms with Crippen molar-refractivity contribution in [3.63, 3.8) is 0 Å². The molecule has 0 saturated heterocycles. The normalized spacial score (nSPS) is 13.4. The quantitative estimate of drug-likeness (QED) is 0.775. The fourth-order valence-corrected chi connectivity index (χ4v) is 3.62. The third kappa shape index (κ3) is 4.58. The number of benzene rings is 1. The van der Waals surface area contributed by atoms with Crippen molar-refractivity contribution in [2.24, 2.45) is 0 Å². The predicted molar refractivity (Wildman–Crippen MR) is 83.3 cm³/mol. The van der Waals surface area contributed by atoms with Crippen LogP contribution < -0.4 is 10.0 Å². The number of hydrogen-bond donors (Lipinski definition) is 2. The molecule has 1 unspecified atom stereocenters. The molecule has 114 valence electrons. The van der Waals surface area contributed by atoms with E-state index in [0.717, 1.165) is 24.8 Å². The summed E-state index contributed by atoms with van der Waals surface area (Å²) in [5.74, 6) is 0. The number of aryl methyl sites for hydroxylation is 1. The highest BCUT2D eigenvalue weighted by Crippen LogP contribution is 2.17. The van der Waals surface area contributed by atoms with Crippen molar-refractivity contribution in [2.75, 3.05) is 7.05 Å². The monoisotopic (exact) mass is 298 g/mol. The number of rotatable bonds is 8. The molecule has 4 nitrogen and oxygen atoms in total. The topological polar surface area (TPSA) is 58.2 Å². The Bertz CT molecular complexity index is 527. The van der Waals surface area contributed by atoms with Crippen molar-refractivity contribution in [1.29, 1.82) is 0 Å². The minimum absolute atomic E-state index is 0.0383. The number of hydrogen-bond acceptors (Lipinski definition) is 3. The molecule has 0 saturated carbocycles. The maximum atomic E-state index is 12.3. The lowest BCUT2D eigenvalue weighted by Crippen LogP contribution is -2.32. The minimum atomic E-state index is -3.43. The van der Waals surface area contributed by atoms with Gasteiger partial charge in [0, 0.05) is 12.6 Å². The van der Waals surface area contributed by atoms with E-state index in [9.17, 15) is 8.42 Å². The molecular weight excluding hydrogens is 272 g/mol. The van der Waals surface area contributed by atoms with Crippen LogP contribution in [0.4, 0.5) is 0 Å². The molecule has 0 spiro atoms. The summed E-state index contributed by atoms with van der Waals surface area (Å²) in [6.07, 6.45) is 2.70. The van der Waals surface area contributed by atoms with Crippen LogP contribution in [0.25, 0.3) is 0 Å². The second-order valence-corrected chi connectivity index (χ2v) is 6.84. The zero-order valence-corrected chi connectivity index (χ0v) is 13.7. The Kier molecular flexibility index (Phi) is 6.65. The Hall–Kier alpha value is -0.910. The van der Waals surface area contributed by atoms with Gasteiger partial charge < -0.3 is 5.32 Å². The number of nitrogens with one attached hydrogen (secondary N) is 2. The molecule has 5 heteroatoms. The summed E-state index contributed by atoms with van der Waals surface area (Å²) in [5.41, 5.74) is 2.22. The van der Waals surface area contributed by atoms with E-state index < -0.39 is 10.0 Å². The smallest absolute Gasteiger partial charge is 0.240 e. The van der Waals surface area contributed by atoms with Gasteiger partial charge in [-0.3, -0.25) is 0 Å². The van der Waals surface area contributed by atoms with Crippen molar-refractivity contribution in [1.82, 2.24) is 10.0 Å². The summed E-state index contributed by atoms with van der Waals surface area (Å²) in [6.45, 7) is 6.70. The van der Waals surface area contributed by atoms with Crippen LogP contribution in [0.3, 0.4) is 0 Å². The van der Waals surface area contributed by atoms with Crippen molar-refractivity contribution < 1.29 is 8.42 Å². The second kappa shape index (κ2) is 7.76. The maximum Gasteiger partial charge on any atom is 0.240 e. The van der Waals surface area contributed by atoms with Gasteiger partial charge >= 0.3 is 0 Å². The highest BCUT2D eigenvalue weighted by molar-refractivity contribution is 7.89. The van der Waals surface area contributed by atoms with Crippen molar-refractivity contribution >= 4 is 10.0 Å². The summed E-state index contributed by atoms with van der Waals surface area (Å²) in [4.78, 5) is 0.350. The molecule has 0 aliphatic heterocycles. The Balaban J connectivity index is 3.03. The zero-order chi connectivity index (χ0) is 15.2. The summed E-state index contributed by atoms with van der Waals surface area (Å²) in [7, 11) is -1.56. The Morgan fingerprint density at radius 2 is 1.90 bits per heavy atom. The van der Waals surface area contributed by atoms with Gasteiger partial charge in [-0.05, 0) is 50.1 Å². The molecule has 1 aromatic rings. The van der Waals surface area contributed by atoms with Crippen LogP contribution in [-0.2, 0) is 23.0 Å². The van der Waals surface area contributed by atoms with Gasteiger partial charge in [0.1, 0.15) is 0 Å². The lowest BCUT2D eigenvalue weighted by atomic mass is 10.1. The molecule has 0 bridgehead atoms. The third-order valence-electron chi connectivity index (χ3n) is 3.31. The van der Waals surface area contributed by atoms with Gasteiger partial charge in [-0.2, -0.15) is 0 Å². The maximum absolute atomic E-state index is 12.3. The van der Waals surface area contributed by atoms with Crippen molar-refractivity contribution in [3.8, 4) is 0 Å². The van der Waals surface area contributed by atoms with E-state index in [1.165, 1.54) is 5.56 Å². The first-order chi connectivity index (χ1) is 9.44. The standard InChI is InChI=1S/C15H26N2O2S/c1-5-7-12(3)17-20(18,19)15-9-8-13(6-2)14(10-15)11-16-4/h8-10,12,16-17H,5-7,11H2,1-4H3. The van der Waals surface area contributed by atoms with Crippen molar-refractivity contribution in [2.45, 2.75) is 57.5 Å². The van der Waals surface area contributed by atoms with Gasteiger partial charge in [-0.25, -0.2) is 13.1 Å². The molecule has 1 rings (SSSR count). The van der Waals surface area contributed by atoms with E-state index >= 15 is 0 Å². The van der Waals surface area contributed by atoms with E-state index in [1.807, 2.05) is 27.0 Å². The van der Waals surface area contributed by atoms with Gasteiger partial charge in [-0.1, -0.05) is 26.3 Å². The average Bonchev–Trinajstić information content (AvgIpc) is 2.38. The Morgan fingerprint density at radius 1 is 1.20 bits per heavy atom. The summed E-state index contributed by atoms with van der Waals surface area (Å²) >= 11 is 0. The average molecular weight is 298 g/mol. The molecule has 20 heavy (non-hydrogen) atoms. The van der Waals surface area contributed by atoms with Crippen LogP contribution in [0.15, 0.2) is 23.1 Å². The van der Waals surface area contributed by atoms with E-state index in [4.69, 9.17) is 0 Å². The van der Waals surface area contributed by atoms with E-state index in [0.29, 0.717) is 11.4 Å². The molecule has 0 aliphatic carbocycles. The summed E-state index contributed by atoms with van der Waals surface area (Å²) < 4.78 is 27.4. The molecule has 2 N–H and O–H groups in total. The molecule has 0 aliphatic rings. The highest BCUT2D eigenvalue weighted by Gasteiger charge is 2.18. The van der Waals surface area contributed by atoms with E-state index in [2.05, 4.69) is 17.0 Å². The SMILES string of the molecule is CCCC(C)NS(=O)(=O)c1ccc(CC)c(CNC)c1. The molecule has 0 fully saturated rings. The molecule has 0 radical (unpaired) electrons. The van der Waals surface area contributed by atoms with Gasteiger partial charge in [-0.15, -0.1) is 0 Å². The summed E-state index contributed by atoms with van der Waals surface area (Å²) in [5, 5.41) is 3.08. The fourth-order valence-electron chi connectivity index (χ4n) is 2.29. The molecule has 0 heterocycles. The van der Waals surface area contributed by atoms with E-state index in [-0.39, 0.29) is 6.04 Å². The molecular formula is C15H26N2O2S. The Morgan fingerprint density at radius 3 is 2.45 bits per heavy atom. The number of sulfonamides is 1. The zero-order valence-electron chi connectivity index (χ0n) is 12.9. The molecule has 0 aromatic heterocycles. The van der Waals surface area contributed by atoms with Crippen LogP contribution in [0.2, 0.25) is 0 Å². The predicted octanol–water partition coefficient (Wildman–Crippen LogP) is 2.44. The van der Waals surface area contributed by atoms with Gasteiger partial charge in [0.05, 0.1) is 4.90 Å². The van der Waals surface area contributed by atoms with Crippen molar-refractivity contribution in [3.05, 3.63) is 29.3 Å². The first kappa shape index (κ1) is 17.1. The fraction of sp³-hybridized carbons (Fsp3) is 0.600. The van der Waals surface area contributed by atoms with Gasteiger partial charge in [0.2, 0.25) is 10.0 Å². The first-order valence-electron chi connectivity index (χ1n) is 7.23. The van der Waals surface area contributed by atoms with Crippen LogP contribution >= 0.6 is 0 Å². The molecule has 0 amide bonds. The second-order valence-electron chi connectivity index (χ2n) is 5.13. The lowest BCUT2D eigenvalue weighted by molar-refractivity contribution is 0.543.